The number of hydrogen-bond donors (Lipinski definition) is 0. The van der Waals surface area contributed by atoms with Gasteiger partial charge in [-0.15, -0.1) is 5.10 Å². The molecule has 2 bridgehead atoms. The lowest BCUT2D eigenvalue weighted by molar-refractivity contribution is 0.00229. The van der Waals surface area contributed by atoms with E-state index in [0.717, 1.165) is 24.0 Å². The van der Waals surface area contributed by atoms with Crippen molar-refractivity contribution >= 4 is 11.2 Å². The Labute approximate surface area is 90.4 Å². The van der Waals surface area contributed by atoms with Gasteiger partial charge in [-0.2, -0.15) is 0 Å². The predicted octanol–water partition coefficient (Wildman–Crippen LogP) is 0.284. The van der Waals surface area contributed by atoms with Crippen LogP contribution in [0.15, 0.2) is 16.9 Å². The smallest absolute Gasteiger partial charge is 0.254 e. The van der Waals surface area contributed by atoms with Gasteiger partial charge in [-0.3, -0.25) is 9.36 Å². The molecule has 0 N–H and O–H groups in total. The minimum Gasteiger partial charge on any atom is -0.353 e. The van der Waals surface area contributed by atoms with Crippen molar-refractivity contribution in [1.29, 1.82) is 0 Å². The van der Waals surface area contributed by atoms with Gasteiger partial charge in [0.1, 0.15) is 11.7 Å². The summed E-state index contributed by atoms with van der Waals surface area (Å²) in [6.07, 6.45) is 1.90. The first kappa shape index (κ1) is 8.46. The van der Waals surface area contributed by atoms with Gasteiger partial charge in [0.25, 0.3) is 5.56 Å². The van der Waals surface area contributed by atoms with Gasteiger partial charge in [0.05, 0.1) is 12.6 Å². The molecule has 0 radical (unpaired) electrons. The molecule has 2 aliphatic rings. The first-order valence-electron chi connectivity index (χ1n) is 5.43. The Morgan fingerprint density at radius 2 is 2.31 bits per heavy atom. The summed E-state index contributed by atoms with van der Waals surface area (Å²) in [5.41, 5.74) is 1.51. The standard InChI is InChI=1S/C10H10N4O2/c15-8-3-2-7-10-13(12-11-7)5-6-1-4-9(16-6)14(8)10/h2-3,6,9H,1,4-5H2/t6-,9+/m0/s1. The average molecular weight is 218 g/mol. The molecule has 0 aliphatic carbocycles. The predicted molar refractivity (Wildman–Crippen MR) is 54.9 cm³/mol. The zero-order chi connectivity index (χ0) is 10.7. The van der Waals surface area contributed by atoms with E-state index in [9.17, 15) is 4.79 Å². The van der Waals surface area contributed by atoms with Gasteiger partial charge >= 0.3 is 0 Å². The summed E-state index contributed by atoms with van der Waals surface area (Å²) < 4.78 is 9.27. The number of nitrogens with zero attached hydrogens (tertiary/aromatic N) is 4. The highest BCUT2D eigenvalue weighted by Crippen LogP contribution is 2.32. The number of fused-ring (bicyclic) bond motifs is 3. The number of rotatable bonds is 0. The number of pyridine rings is 1. The van der Waals surface area contributed by atoms with E-state index in [2.05, 4.69) is 10.3 Å². The Kier molecular flexibility index (Phi) is 1.43. The van der Waals surface area contributed by atoms with Crippen LogP contribution in [0.5, 0.6) is 0 Å². The van der Waals surface area contributed by atoms with E-state index in [1.54, 1.807) is 15.3 Å². The Morgan fingerprint density at radius 3 is 3.25 bits per heavy atom. The molecule has 1 saturated heterocycles. The van der Waals surface area contributed by atoms with Crippen LogP contribution in [0, 0.1) is 0 Å². The maximum absolute atomic E-state index is 11.9. The monoisotopic (exact) mass is 218 g/mol. The van der Waals surface area contributed by atoms with Crippen molar-refractivity contribution in [3.8, 4) is 0 Å². The molecule has 0 amide bonds. The Morgan fingerprint density at radius 1 is 1.38 bits per heavy atom. The highest BCUT2D eigenvalue weighted by atomic mass is 16.5. The van der Waals surface area contributed by atoms with Gasteiger partial charge in [-0.1, -0.05) is 5.21 Å². The van der Waals surface area contributed by atoms with Crippen molar-refractivity contribution < 1.29 is 4.74 Å². The van der Waals surface area contributed by atoms with E-state index < -0.39 is 0 Å². The zero-order valence-electron chi connectivity index (χ0n) is 8.54. The molecule has 2 atom stereocenters. The van der Waals surface area contributed by atoms with E-state index in [0.29, 0.717) is 6.54 Å². The third-order valence-electron chi connectivity index (χ3n) is 3.33. The maximum atomic E-state index is 11.9. The molecule has 4 rings (SSSR count). The quantitative estimate of drug-likeness (QED) is 0.637. The summed E-state index contributed by atoms with van der Waals surface area (Å²) >= 11 is 0. The fraction of sp³-hybridized carbons (Fsp3) is 0.500. The van der Waals surface area contributed by atoms with Crippen LogP contribution in [0.2, 0.25) is 0 Å². The third kappa shape index (κ3) is 0.923. The lowest BCUT2D eigenvalue weighted by Gasteiger charge is -2.12. The van der Waals surface area contributed by atoms with Gasteiger partial charge in [-0.05, 0) is 18.9 Å². The maximum Gasteiger partial charge on any atom is 0.254 e. The molecule has 0 saturated carbocycles. The van der Waals surface area contributed by atoms with Crippen LogP contribution < -0.4 is 5.56 Å². The minimum atomic E-state index is -0.138. The molecule has 6 nitrogen and oxygen atoms in total. The van der Waals surface area contributed by atoms with E-state index in [4.69, 9.17) is 4.74 Å². The van der Waals surface area contributed by atoms with E-state index in [-0.39, 0.29) is 17.9 Å². The van der Waals surface area contributed by atoms with Gasteiger partial charge in [0.2, 0.25) is 0 Å². The van der Waals surface area contributed by atoms with Crippen LogP contribution in [0.1, 0.15) is 19.1 Å². The van der Waals surface area contributed by atoms with Gasteiger partial charge in [0.15, 0.2) is 5.65 Å². The van der Waals surface area contributed by atoms with E-state index >= 15 is 0 Å². The van der Waals surface area contributed by atoms with Gasteiger partial charge < -0.3 is 4.74 Å². The molecule has 0 spiro atoms. The molecular weight excluding hydrogens is 208 g/mol. The molecule has 2 aromatic rings. The average Bonchev–Trinajstić information content (AvgIpc) is 2.82. The zero-order valence-corrected chi connectivity index (χ0v) is 8.54. The van der Waals surface area contributed by atoms with Crippen molar-refractivity contribution in [2.75, 3.05) is 0 Å². The molecular formula is C10H10N4O2. The van der Waals surface area contributed by atoms with Crippen LogP contribution in [0.3, 0.4) is 0 Å². The summed E-state index contributed by atoms with van der Waals surface area (Å²) in [4.78, 5) is 11.9. The van der Waals surface area contributed by atoms with Crippen LogP contribution in [-0.2, 0) is 11.3 Å². The fourth-order valence-electron chi connectivity index (χ4n) is 2.62. The topological polar surface area (TPSA) is 61.9 Å². The highest BCUT2D eigenvalue weighted by molar-refractivity contribution is 5.70. The molecule has 6 heteroatoms. The summed E-state index contributed by atoms with van der Waals surface area (Å²) in [7, 11) is 0. The largest absolute Gasteiger partial charge is 0.353 e. The lowest BCUT2D eigenvalue weighted by atomic mass is 10.2. The number of ether oxygens (including phenoxy) is 1. The first-order valence-corrected chi connectivity index (χ1v) is 5.43. The Hall–Kier alpha value is -1.69. The first-order chi connectivity index (χ1) is 7.83. The molecule has 1 fully saturated rings. The summed E-state index contributed by atoms with van der Waals surface area (Å²) in [6.45, 7) is 0.691. The number of hydrogen-bond acceptors (Lipinski definition) is 4. The molecule has 0 aromatic carbocycles. The second-order valence-corrected chi connectivity index (χ2v) is 4.31. The third-order valence-corrected chi connectivity index (χ3v) is 3.33. The Balaban J connectivity index is 2.17. The normalized spacial score (nSPS) is 27.2. The van der Waals surface area contributed by atoms with Crippen molar-refractivity contribution in [3.05, 3.63) is 22.5 Å². The lowest BCUT2D eigenvalue weighted by Crippen LogP contribution is -2.24. The number of aromatic nitrogens is 4. The summed E-state index contributed by atoms with van der Waals surface area (Å²) in [6, 6.07) is 3.25. The molecule has 4 heterocycles. The van der Waals surface area contributed by atoms with Crippen molar-refractivity contribution in [3.63, 3.8) is 0 Å². The second kappa shape index (κ2) is 2.70. The van der Waals surface area contributed by atoms with Crippen LogP contribution in [0.25, 0.3) is 11.2 Å². The van der Waals surface area contributed by atoms with Gasteiger partial charge in [0, 0.05) is 6.07 Å². The summed E-state index contributed by atoms with van der Waals surface area (Å²) in [5.74, 6) is 0. The van der Waals surface area contributed by atoms with Gasteiger partial charge in [-0.25, -0.2) is 4.68 Å². The van der Waals surface area contributed by atoms with Crippen LogP contribution in [0.4, 0.5) is 0 Å². The molecule has 2 aromatic heterocycles. The van der Waals surface area contributed by atoms with E-state index in [1.165, 1.54) is 6.07 Å². The van der Waals surface area contributed by atoms with E-state index in [1.807, 2.05) is 0 Å². The highest BCUT2D eigenvalue weighted by Gasteiger charge is 2.33. The van der Waals surface area contributed by atoms with Crippen molar-refractivity contribution in [2.45, 2.75) is 31.7 Å². The SMILES string of the molecule is O=c1ccc2nnn3c2n1[C@H]1CC[C@@H](C3)O1. The van der Waals surface area contributed by atoms with Crippen molar-refractivity contribution in [1.82, 2.24) is 19.6 Å². The second-order valence-electron chi connectivity index (χ2n) is 4.31. The summed E-state index contributed by atoms with van der Waals surface area (Å²) in [5, 5.41) is 8.14. The molecule has 82 valence electrons. The molecule has 0 unspecified atom stereocenters. The molecule has 2 aliphatic heterocycles. The minimum absolute atomic E-state index is 0.0383. The van der Waals surface area contributed by atoms with Crippen LogP contribution in [-0.4, -0.2) is 25.7 Å². The van der Waals surface area contributed by atoms with Crippen LogP contribution >= 0.6 is 0 Å². The Bertz CT molecular complexity index is 629. The fourth-order valence-corrected chi connectivity index (χ4v) is 2.62. The molecule has 16 heavy (non-hydrogen) atoms. The van der Waals surface area contributed by atoms with Crippen molar-refractivity contribution in [2.24, 2.45) is 0 Å².